The Bertz CT molecular complexity index is 682. The molecule has 31 heavy (non-hydrogen) atoms. The molecule has 0 spiro atoms. The predicted octanol–water partition coefficient (Wildman–Crippen LogP) is 5.32. The van der Waals surface area contributed by atoms with Gasteiger partial charge in [-0.1, -0.05) is 45.9 Å². The molecular weight excluding hydrogens is 390 g/mol. The van der Waals surface area contributed by atoms with Gasteiger partial charge in [0.15, 0.2) is 11.5 Å². The third kappa shape index (κ3) is 9.77. The molecule has 0 saturated heterocycles. The SMILES string of the molecule is COCCCOc1cc(CC(CC=CCC(C(=O)N(C)C)C(C)C)C(C)C)ccc1O. The van der Waals surface area contributed by atoms with E-state index in [1.807, 2.05) is 26.2 Å². The summed E-state index contributed by atoms with van der Waals surface area (Å²) in [5, 5.41) is 10.1. The number of carbonyl (C=O) groups excluding carboxylic acids is 1. The van der Waals surface area contributed by atoms with Crippen LogP contribution in [0.5, 0.6) is 11.5 Å². The Morgan fingerprint density at radius 1 is 1.06 bits per heavy atom. The largest absolute Gasteiger partial charge is 0.504 e. The number of allylic oxidation sites excluding steroid dienone is 2. The fourth-order valence-corrected chi connectivity index (χ4v) is 3.58. The van der Waals surface area contributed by atoms with E-state index in [0.717, 1.165) is 31.2 Å². The van der Waals surface area contributed by atoms with Crippen LogP contribution in [0.15, 0.2) is 30.4 Å². The van der Waals surface area contributed by atoms with E-state index in [9.17, 15) is 9.90 Å². The minimum atomic E-state index is 0.0265. The van der Waals surface area contributed by atoms with Gasteiger partial charge in [0.2, 0.25) is 5.91 Å². The van der Waals surface area contributed by atoms with Crippen molar-refractivity contribution in [1.29, 1.82) is 0 Å². The number of methoxy groups -OCH3 is 1. The Kier molecular flexibility index (Phi) is 12.3. The number of hydrogen-bond acceptors (Lipinski definition) is 4. The number of aromatic hydroxyl groups is 1. The number of phenols is 1. The Balaban J connectivity index is 2.72. The lowest BCUT2D eigenvalue weighted by molar-refractivity contribution is -0.134. The molecule has 1 rings (SSSR count). The summed E-state index contributed by atoms with van der Waals surface area (Å²) in [6.07, 6.45) is 7.84. The Morgan fingerprint density at radius 3 is 2.32 bits per heavy atom. The van der Waals surface area contributed by atoms with Crippen molar-refractivity contribution in [1.82, 2.24) is 4.90 Å². The topological polar surface area (TPSA) is 59.0 Å². The number of nitrogens with zero attached hydrogens (tertiary/aromatic N) is 1. The van der Waals surface area contributed by atoms with Gasteiger partial charge in [-0.3, -0.25) is 4.79 Å². The second-order valence-electron chi connectivity index (χ2n) is 9.23. The molecule has 0 fully saturated rings. The molecule has 1 aromatic rings. The molecule has 5 heteroatoms. The Morgan fingerprint density at radius 2 is 1.74 bits per heavy atom. The fourth-order valence-electron chi connectivity index (χ4n) is 3.58. The zero-order valence-electron chi connectivity index (χ0n) is 20.6. The van der Waals surface area contributed by atoms with Gasteiger partial charge in [0.05, 0.1) is 6.61 Å². The molecule has 0 aliphatic carbocycles. The number of phenolic OH excluding ortho intramolecular Hbond substituents is 1. The zero-order chi connectivity index (χ0) is 23.4. The highest BCUT2D eigenvalue weighted by Crippen LogP contribution is 2.30. The first kappa shape index (κ1) is 27.0. The normalized spacial score (nSPS) is 13.7. The van der Waals surface area contributed by atoms with Crippen molar-refractivity contribution >= 4 is 5.91 Å². The van der Waals surface area contributed by atoms with Crippen molar-refractivity contribution in [3.8, 4) is 11.5 Å². The summed E-state index contributed by atoms with van der Waals surface area (Å²) in [5.41, 5.74) is 1.16. The lowest BCUT2D eigenvalue weighted by Crippen LogP contribution is -2.32. The van der Waals surface area contributed by atoms with Crippen LogP contribution in [0.1, 0.15) is 52.5 Å². The van der Waals surface area contributed by atoms with Crippen LogP contribution in [-0.4, -0.2) is 50.3 Å². The number of hydrogen-bond donors (Lipinski definition) is 1. The molecule has 2 unspecified atom stereocenters. The standard InChI is InChI=1S/C26H43NO4/c1-19(2)22(11-8-9-12-23(20(3)4)26(29)27(5)6)17-21-13-14-24(28)25(18-21)31-16-10-15-30-7/h8-9,13-14,18-20,22-23,28H,10-12,15-17H2,1-7H3. The highest BCUT2D eigenvalue weighted by Gasteiger charge is 2.22. The van der Waals surface area contributed by atoms with Crippen LogP contribution in [-0.2, 0) is 16.0 Å². The van der Waals surface area contributed by atoms with Crippen LogP contribution >= 0.6 is 0 Å². The van der Waals surface area contributed by atoms with Crippen LogP contribution < -0.4 is 4.74 Å². The summed E-state index contributed by atoms with van der Waals surface area (Å²) in [6.45, 7) is 9.86. The molecule has 0 bridgehead atoms. The molecule has 0 aromatic heterocycles. The molecule has 1 aromatic carbocycles. The number of ether oxygens (including phenoxy) is 2. The molecule has 0 saturated carbocycles. The minimum Gasteiger partial charge on any atom is -0.504 e. The van der Waals surface area contributed by atoms with E-state index in [1.165, 1.54) is 0 Å². The average molecular weight is 434 g/mol. The van der Waals surface area contributed by atoms with Gasteiger partial charge in [0.1, 0.15) is 0 Å². The van der Waals surface area contributed by atoms with E-state index >= 15 is 0 Å². The molecule has 5 nitrogen and oxygen atoms in total. The number of carbonyl (C=O) groups is 1. The summed E-state index contributed by atoms with van der Waals surface area (Å²) in [5.74, 6) is 2.25. The van der Waals surface area contributed by atoms with Crippen LogP contribution in [0.4, 0.5) is 0 Å². The first-order valence-corrected chi connectivity index (χ1v) is 11.5. The lowest BCUT2D eigenvalue weighted by atomic mass is 9.85. The molecule has 176 valence electrons. The molecule has 0 aliphatic heterocycles. The predicted molar refractivity (Wildman–Crippen MR) is 128 cm³/mol. The van der Waals surface area contributed by atoms with Crippen LogP contribution in [0.3, 0.4) is 0 Å². The summed E-state index contributed by atoms with van der Waals surface area (Å²) < 4.78 is 10.8. The summed E-state index contributed by atoms with van der Waals surface area (Å²) in [6, 6.07) is 5.64. The molecule has 0 heterocycles. The van der Waals surface area contributed by atoms with Gasteiger partial charge in [-0.2, -0.15) is 0 Å². The highest BCUT2D eigenvalue weighted by atomic mass is 16.5. The number of benzene rings is 1. The van der Waals surface area contributed by atoms with E-state index in [-0.39, 0.29) is 17.6 Å². The van der Waals surface area contributed by atoms with E-state index in [2.05, 4.69) is 39.8 Å². The van der Waals surface area contributed by atoms with Gasteiger partial charge < -0.3 is 19.5 Å². The van der Waals surface area contributed by atoms with Gasteiger partial charge in [-0.15, -0.1) is 0 Å². The third-order valence-corrected chi connectivity index (χ3v) is 5.77. The van der Waals surface area contributed by atoms with Crippen molar-refractivity contribution in [3.63, 3.8) is 0 Å². The second kappa shape index (κ2) is 14.1. The molecular formula is C26H43NO4. The summed E-state index contributed by atoms with van der Waals surface area (Å²) in [4.78, 5) is 14.1. The maximum Gasteiger partial charge on any atom is 0.225 e. The van der Waals surface area contributed by atoms with E-state index in [1.54, 1.807) is 18.1 Å². The molecule has 1 N–H and O–H groups in total. The molecule has 1 amide bonds. The smallest absolute Gasteiger partial charge is 0.225 e. The van der Waals surface area contributed by atoms with Crippen molar-refractivity contribution in [2.24, 2.45) is 23.7 Å². The van der Waals surface area contributed by atoms with Crippen LogP contribution in [0.25, 0.3) is 0 Å². The van der Waals surface area contributed by atoms with Gasteiger partial charge in [-0.25, -0.2) is 0 Å². The monoisotopic (exact) mass is 433 g/mol. The average Bonchev–Trinajstić information content (AvgIpc) is 2.71. The van der Waals surface area contributed by atoms with Crippen molar-refractivity contribution in [2.45, 2.75) is 53.4 Å². The van der Waals surface area contributed by atoms with Gasteiger partial charge in [-0.05, 0) is 54.7 Å². The van der Waals surface area contributed by atoms with Crippen LogP contribution in [0, 0.1) is 23.7 Å². The van der Waals surface area contributed by atoms with E-state index < -0.39 is 0 Å². The fraction of sp³-hybridized carbons (Fsp3) is 0.654. The highest BCUT2D eigenvalue weighted by molar-refractivity contribution is 5.78. The van der Waals surface area contributed by atoms with Crippen molar-refractivity contribution < 1.29 is 19.4 Å². The van der Waals surface area contributed by atoms with Gasteiger partial charge in [0.25, 0.3) is 0 Å². The maximum absolute atomic E-state index is 12.4. The Labute approximate surface area is 189 Å². The first-order chi connectivity index (χ1) is 14.7. The molecule has 0 aliphatic rings. The van der Waals surface area contributed by atoms with Crippen molar-refractivity contribution in [2.75, 3.05) is 34.4 Å². The number of rotatable bonds is 14. The lowest BCUT2D eigenvalue weighted by Gasteiger charge is -2.23. The van der Waals surface area contributed by atoms with E-state index in [0.29, 0.717) is 36.7 Å². The third-order valence-electron chi connectivity index (χ3n) is 5.77. The number of amides is 1. The second-order valence-corrected chi connectivity index (χ2v) is 9.23. The van der Waals surface area contributed by atoms with Crippen LogP contribution in [0.2, 0.25) is 0 Å². The molecule has 0 radical (unpaired) electrons. The van der Waals surface area contributed by atoms with E-state index in [4.69, 9.17) is 9.47 Å². The quantitative estimate of drug-likeness (QED) is 0.319. The molecule has 2 atom stereocenters. The van der Waals surface area contributed by atoms with Crippen molar-refractivity contribution in [3.05, 3.63) is 35.9 Å². The summed E-state index contributed by atoms with van der Waals surface area (Å²) in [7, 11) is 5.31. The summed E-state index contributed by atoms with van der Waals surface area (Å²) >= 11 is 0. The first-order valence-electron chi connectivity index (χ1n) is 11.5. The Hall–Kier alpha value is -2.01. The minimum absolute atomic E-state index is 0.0265. The zero-order valence-corrected chi connectivity index (χ0v) is 20.6. The maximum atomic E-state index is 12.4. The van der Waals surface area contributed by atoms with Gasteiger partial charge >= 0.3 is 0 Å². The van der Waals surface area contributed by atoms with Gasteiger partial charge in [0, 0.05) is 40.2 Å².